The Balaban J connectivity index is 3.00. The number of hydrogen-bond donors (Lipinski definition) is 0. The van der Waals surface area contributed by atoms with Crippen molar-refractivity contribution >= 4 is 10.8 Å². The molecule has 0 amide bonds. The van der Waals surface area contributed by atoms with E-state index in [1.165, 1.54) is 6.20 Å². The Morgan fingerprint density at radius 2 is 2.00 bits per heavy atom. The van der Waals surface area contributed by atoms with E-state index in [1.807, 2.05) is 32.0 Å². The number of aromatic nitrogens is 1. The fraction of sp³-hybridized carbons (Fsp3) is 0.182. The van der Waals surface area contributed by atoms with Crippen LogP contribution in [-0.4, -0.2) is 4.98 Å². The normalized spacial score (nSPS) is 10.7. The summed E-state index contributed by atoms with van der Waals surface area (Å²) in [4.78, 5) is 3.97. The number of fused-ring (bicyclic) bond motifs is 1. The molecule has 0 radical (unpaired) electrons. The topological polar surface area (TPSA) is 12.9 Å². The number of nitrogens with zero attached hydrogens (tertiary/aromatic N) is 1. The summed E-state index contributed by atoms with van der Waals surface area (Å²) in [5.74, 6) is -0.237. The van der Waals surface area contributed by atoms with E-state index >= 15 is 0 Å². The molecule has 0 aliphatic heterocycles. The summed E-state index contributed by atoms with van der Waals surface area (Å²) in [6, 6.07) is 5.73. The Morgan fingerprint density at radius 3 is 2.69 bits per heavy atom. The van der Waals surface area contributed by atoms with Crippen LogP contribution < -0.4 is 0 Å². The molecule has 0 atom stereocenters. The molecular formula is C11H10FN. The molecule has 0 aliphatic rings. The van der Waals surface area contributed by atoms with Gasteiger partial charge in [-0.15, -0.1) is 0 Å². The first kappa shape index (κ1) is 8.17. The van der Waals surface area contributed by atoms with Crippen molar-refractivity contribution in [1.29, 1.82) is 0 Å². The number of rotatable bonds is 0. The van der Waals surface area contributed by atoms with Crippen molar-refractivity contribution in [2.24, 2.45) is 0 Å². The van der Waals surface area contributed by atoms with Crippen LogP contribution in [0.4, 0.5) is 4.39 Å². The molecule has 0 fully saturated rings. The van der Waals surface area contributed by atoms with Gasteiger partial charge in [0, 0.05) is 16.5 Å². The molecule has 1 nitrogen and oxygen atoms in total. The van der Waals surface area contributed by atoms with E-state index < -0.39 is 0 Å². The minimum absolute atomic E-state index is 0.237. The SMILES string of the molecule is Cc1ncc(F)c2c(C)cccc12. The molecule has 13 heavy (non-hydrogen) atoms. The Morgan fingerprint density at radius 1 is 1.23 bits per heavy atom. The second kappa shape index (κ2) is 2.80. The van der Waals surface area contributed by atoms with Gasteiger partial charge in [0.25, 0.3) is 0 Å². The summed E-state index contributed by atoms with van der Waals surface area (Å²) >= 11 is 0. The van der Waals surface area contributed by atoms with Crippen molar-refractivity contribution < 1.29 is 4.39 Å². The van der Waals surface area contributed by atoms with E-state index in [2.05, 4.69) is 4.98 Å². The fourth-order valence-electron chi connectivity index (χ4n) is 1.57. The number of hydrogen-bond acceptors (Lipinski definition) is 1. The first-order chi connectivity index (χ1) is 6.20. The molecule has 0 unspecified atom stereocenters. The number of pyridine rings is 1. The first-order valence-electron chi connectivity index (χ1n) is 4.20. The van der Waals surface area contributed by atoms with Gasteiger partial charge in [-0.3, -0.25) is 4.98 Å². The molecular weight excluding hydrogens is 165 g/mol. The van der Waals surface area contributed by atoms with Gasteiger partial charge in [-0.2, -0.15) is 0 Å². The molecule has 0 aliphatic carbocycles. The maximum atomic E-state index is 13.4. The summed E-state index contributed by atoms with van der Waals surface area (Å²) in [6.07, 6.45) is 1.28. The fourth-order valence-corrected chi connectivity index (χ4v) is 1.57. The lowest BCUT2D eigenvalue weighted by Crippen LogP contribution is -1.90. The van der Waals surface area contributed by atoms with Crippen molar-refractivity contribution in [1.82, 2.24) is 4.98 Å². The smallest absolute Gasteiger partial charge is 0.149 e. The summed E-state index contributed by atoms with van der Waals surface area (Å²) in [6.45, 7) is 3.80. The standard InChI is InChI=1S/C11H10FN/c1-7-4-3-5-9-8(2)13-6-10(12)11(7)9/h3-6H,1-2H3. The second-order valence-electron chi connectivity index (χ2n) is 3.19. The quantitative estimate of drug-likeness (QED) is 0.599. The molecule has 2 rings (SSSR count). The lowest BCUT2D eigenvalue weighted by molar-refractivity contribution is 0.632. The first-order valence-corrected chi connectivity index (χ1v) is 4.20. The van der Waals surface area contributed by atoms with Gasteiger partial charge in [0.2, 0.25) is 0 Å². The maximum absolute atomic E-state index is 13.4. The summed E-state index contributed by atoms with van der Waals surface area (Å²) in [7, 11) is 0. The van der Waals surface area contributed by atoms with Crippen LogP contribution in [0.1, 0.15) is 11.3 Å². The Kier molecular flexibility index (Phi) is 1.76. The van der Waals surface area contributed by atoms with Crippen molar-refractivity contribution in [3.8, 4) is 0 Å². The largest absolute Gasteiger partial charge is 0.258 e. The van der Waals surface area contributed by atoms with E-state index in [0.29, 0.717) is 5.39 Å². The van der Waals surface area contributed by atoms with E-state index in [1.54, 1.807) is 0 Å². The van der Waals surface area contributed by atoms with Crippen LogP contribution in [0.3, 0.4) is 0 Å². The highest BCUT2D eigenvalue weighted by atomic mass is 19.1. The molecule has 0 saturated heterocycles. The van der Waals surface area contributed by atoms with Crippen LogP contribution in [-0.2, 0) is 0 Å². The van der Waals surface area contributed by atoms with Gasteiger partial charge in [-0.05, 0) is 19.4 Å². The zero-order valence-corrected chi connectivity index (χ0v) is 7.63. The van der Waals surface area contributed by atoms with E-state index in [4.69, 9.17) is 0 Å². The lowest BCUT2D eigenvalue weighted by Gasteiger charge is -2.04. The zero-order valence-electron chi connectivity index (χ0n) is 7.63. The summed E-state index contributed by atoms with van der Waals surface area (Å²) in [5.41, 5.74) is 1.83. The lowest BCUT2D eigenvalue weighted by atomic mass is 10.1. The number of halogens is 1. The minimum atomic E-state index is -0.237. The molecule has 1 heterocycles. The van der Waals surface area contributed by atoms with Gasteiger partial charge in [-0.1, -0.05) is 18.2 Å². The molecule has 0 bridgehead atoms. The molecule has 1 aromatic heterocycles. The van der Waals surface area contributed by atoms with E-state index in [0.717, 1.165) is 16.6 Å². The Labute approximate surface area is 76.2 Å². The van der Waals surface area contributed by atoms with Crippen LogP contribution in [0.2, 0.25) is 0 Å². The molecule has 0 spiro atoms. The predicted octanol–water partition coefficient (Wildman–Crippen LogP) is 2.99. The molecule has 0 saturated carbocycles. The predicted molar refractivity (Wildman–Crippen MR) is 51.2 cm³/mol. The van der Waals surface area contributed by atoms with Gasteiger partial charge in [0.05, 0.1) is 6.20 Å². The maximum Gasteiger partial charge on any atom is 0.149 e. The van der Waals surface area contributed by atoms with Crippen molar-refractivity contribution in [3.05, 3.63) is 41.5 Å². The third kappa shape index (κ3) is 1.18. The average Bonchev–Trinajstić information content (AvgIpc) is 2.12. The van der Waals surface area contributed by atoms with Gasteiger partial charge < -0.3 is 0 Å². The highest BCUT2D eigenvalue weighted by Gasteiger charge is 2.05. The minimum Gasteiger partial charge on any atom is -0.258 e. The monoisotopic (exact) mass is 175 g/mol. The van der Waals surface area contributed by atoms with Crippen LogP contribution >= 0.6 is 0 Å². The number of benzene rings is 1. The van der Waals surface area contributed by atoms with Gasteiger partial charge >= 0.3 is 0 Å². The summed E-state index contributed by atoms with van der Waals surface area (Å²) in [5, 5.41) is 1.59. The zero-order chi connectivity index (χ0) is 9.42. The van der Waals surface area contributed by atoms with Crippen LogP contribution in [0.15, 0.2) is 24.4 Å². The highest BCUT2D eigenvalue weighted by Crippen LogP contribution is 2.22. The Bertz CT molecular complexity index is 455. The van der Waals surface area contributed by atoms with Crippen molar-refractivity contribution in [2.45, 2.75) is 13.8 Å². The number of aryl methyl sites for hydroxylation is 2. The van der Waals surface area contributed by atoms with Crippen molar-refractivity contribution in [2.75, 3.05) is 0 Å². The average molecular weight is 175 g/mol. The second-order valence-corrected chi connectivity index (χ2v) is 3.19. The van der Waals surface area contributed by atoms with Gasteiger partial charge in [0.15, 0.2) is 0 Å². The van der Waals surface area contributed by atoms with Gasteiger partial charge in [0.1, 0.15) is 5.82 Å². The molecule has 66 valence electrons. The van der Waals surface area contributed by atoms with Crippen LogP contribution in [0, 0.1) is 19.7 Å². The van der Waals surface area contributed by atoms with E-state index in [9.17, 15) is 4.39 Å². The Hall–Kier alpha value is -1.44. The molecule has 2 heteroatoms. The molecule has 2 aromatic rings. The molecule has 0 N–H and O–H groups in total. The molecule has 1 aromatic carbocycles. The van der Waals surface area contributed by atoms with Crippen molar-refractivity contribution in [3.63, 3.8) is 0 Å². The van der Waals surface area contributed by atoms with Crippen LogP contribution in [0.5, 0.6) is 0 Å². The van der Waals surface area contributed by atoms with Gasteiger partial charge in [-0.25, -0.2) is 4.39 Å². The third-order valence-corrected chi connectivity index (χ3v) is 2.27. The third-order valence-electron chi connectivity index (χ3n) is 2.27. The van der Waals surface area contributed by atoms with E-state index in [-0.39, 0.29) is 5.82 Å². The van der Waals surface area contributed by atoms with Crippen LogP contribution in [0.25, 0.3) is 10.8 Å². The summed E-state index contributed by atoms with van der Waals surface area (Å²) < 4.78 is 13.4. The highest BCUT2D eigenvalue weighted by molar-refractivity contribution is 5.87.